The summed E-state index contributed by atoms with van der Waals surface area (Å²) in [5, 5.41) is 12.0. The summed E-state index contributed by atoms with van der Waals surface area (Å²) in [6, 6.07) is 5.21. The molecule has 1 heterocycles. The highest BCUT2D eigenvalue weighted by molar-refractivity contribution is 7.16. The van der Waals surface area contributed by atoms with Crippen LogP contribution in [0.1, 0.15) is 24.2 Å². The number of fused-ring (bicyclic) bond motifs is 1. The van der Waals surface area contributed by atoms with Gasteiger partial charge in [0.1, 0.15) is 0 Å². The van der Waals surface area contributed by atoms with Gasteiger partial charge in [-0.3, -0.25) is 4.79 Å². The lowest BCUT2D eigenvalue weighted by molar-refractivity contribution is 0.0897. The molecule has 1 aromatic heterocycles. The molecule has 5 heteroatoms. The van der Waals surface area contributed by atoms with E-state index in [0.29, 0.717) is 5.56 Å². The number of aliphatic hydroxyl groups excluding tert-OH is 1. The van der Waals surface area contributed by atoms with E-state index < -0.39 is 0 Å². The summed E-state index contributed by atoms with van der Waals surface area (Å²) in [5.74, 6) is 0.0455. The van der Waals surface area contributed by atoms with Gasteiger partial charge in [-0.05, 0) is 24.1 Å². The number of aliphatic hydroxyl groups is 1. The van der Waals surface area contributed by atoms with Gasteiger partial charge in [0.25, 0.3) is 5.91 Å². The van der Waals surface area contributed by atoms with Crippen molar-refractivity contribution in [3.63, 3.8) is 0 Å². The van der Waals surface area contributed by atoms with Crippen LogP contribution in [0.4, 0.5) is 0 Å². The molecule has 4 nitrogen and oxygen atoms in total. The maximum atomic E-state index is 12.0. The van der Waals surface area contributed by atoms with E-state index in [9.17, 15) is 9.90 Å². The van der Waals surface area contributed by atoms with Gasteiger partial charge in [-0.25, -0.2) is 4.98 Å². The van der Waals surface area contributed by atoms with E-state index in [2.05, 4.69) is 10.3 Å². The van der Waals surface area contributed by atoms with Crippen molar-refractivity contribution in [3.8, 4) is 0 Å². The molecule has 0 radical (unpaired) electrons. The molecule has 2 rings (SSSR count). The Balaban J connectivity index is 2.17. The number of aromatic nitrogens is 1. The topological polar surface area (TPSA) is 62.2 Å². The quantitative estimate of drug-likeness (QED) is 0.888. The third kappa shape index (κ3) is 2.68. The zero-order valence-corrected chi connectivity index (χ0v) is 11.2. The molecule has 0 bridgehead atoms. The molecular weight excluding hydrogens is 248 g/mol. The molecule has 18 heavy (non-hydrogen) atoms. The second-order valence-electron chi connectivity index (χ2n) is 4.54. The Kier molecular flexibility index (Phi) is 3.93. The van der Waals surface area contributed by atoms with E-state index in [1.165, 1.54) is 11.3 Å². The Morgan fingerprint density at radius 3 is 2.94 bits per heavy atom. The Morgan fingerprint density at radius 2 is 2.28 bits per heavy atom. The van der Waals surface area contributed by atoms with Gasteiger partial charge >= 0.3 is 0 Å². The van der Waals surface area contributed by atoms with Crippen molar-refractivity contribution in [2.24, 2.45) is 5.92 Å². The molecule has 0 saturated heterocycles. The summed E-state index contributed by atoms with van der Waals surface area (Å²) >= 11 is 1.51. The van der Waals surface area contributed by atoms with Crippen molar-refractivity contribution in [2.75, 3.05) is 6.61 Å². The van der Waals surface area contributed by atoms with Gasteiger partial charge in [0.2, 0.25) is 0 Å². The molecule has 0 saturated carbocycles. The van der Waals surface area contributed by atoms with E-state index in [0.717, 1.165) is 10.2 Å². The molecule has 0 aliphatic heterocycles. The van der Waals surface area contributed by atoms with Gasteiger partial charge < -0.3 is 10.4 Å². The highest BCUT2D eigenvalue weighted by atomic mass is 32.1. The minimum Gasteiger partial charge on any atom is -0.394 e. The molecule has 0 spiro atoms. The largest absolute Gasteiger partial charge is 0.394 e. The molecule has 0 fully saturated rings. The summed E-state index contributed by atoms with van der Waals surface area (Å²) in [7, 11) is 0. The van der Waals surface area contributed by atoms with Crippen LogP contribution in [0.25, 0.3) is 10.2 Å². The molecule has 1 amide bonds. The number of thiazole rings is 1. The number of nitrogens with one attached hydrogen (secondary N) is 1. The minimum atomic E-state index is -0.213. The maximum Gasteiger partial charge on any atom is 0.251 e. The predicted molar refractivity (Wildman–Crippen MR) is 72.8 cm³/mol. The predicted octanol–water partition coefficient (Wildman–Crippen LogP) is 2.04. The molecule has 1 atom stereocenters. The number of carbonyl (C=O) groups is 1. The lowest BCUT2D eigenvalue weighted by atomic mass is 10.0. The van der Waals surface area contributed by atoms with Crippen molar-refractivity contribution >= 4 is 27.5 Å². The lowest BCUT2D eigenvalue weighted by Crippen LogP contribution is -2.41. The first-order chi connectivity index (χ1) is 8.61. The van der Waals surface area contributed by atoms with Crippen molar-refractivity contribution < 1.29 is 9.90 Å². The number of rotatable bonds is 4. The van der Waals surface area contributed by atoms with Crippen LogP contribution in [-0.2, 0) is 0 Å². The molecule has 0 aliphatic rings. The number of hydrogen-bond donors (Lipinski definition) is 2. The van der Waals surface area contributed by atoms with Crippen LogP contribution >= 0.6 is 11.3 Å². The molecule has 0 unspecified atom stereocenters. The molecule has 2 aromatic rings. The van der Waals surface area contributed by atoms with Crippen molar-refractivity contribution in [3.05, 3.63) is 29.3 Å². The van der Waals surface area contributed by atoms with Crippen molar-refractivity contribution in [1.82, 2.24) is 10.3 Å². The van der Waals surface area contributed by atoms with Crippen LogP contribution in [0.15, 0.2) is 23.7 Å². The highest BCUT2D eigenvalue weighted by Crippen LogP contribution is 2.19. The summed E-state index contributed by atoms with van der Waals surface area (Å²) in [4.78, 5) is 16.2. The zero-order chi connectivity index (χ0) is 13.1. The van der Waals surface area contributed by atoms with Gasteiger partial charge in [-0.2, -0.15) is 0 Å². The normalized spacial score (nSPS) is 12.9. The first-order valence-corrected chi connectivity index (χ1v) is 6.74. The second-order valence-corrected chi connectivity index (χ2v) is 5.43. The molecule has 0 aliphatic carbocycles. The fourth-order valence-electron chi connectivity index (χ4n) is 1.67. The Labute approximate surface area is 110 Å². The molecular formula is C13H16N2O2S. The fraction of sp³-hybridized carbons (Fsp3) is 0.385. The zero-order valence-electron chi connectivity index (χ0n) is 10.4. The van der Waals surface area contributed by atoms with E-state index in [1.807, 2.05) is 26.0 Å². The number of hydrogen-bond acceptors (Lipinski definition) is 4. The minimum absolute atomic E-state index is 0.0494. The Morgan fingerprint density at radius 1 is 1.50 bits per heavy atom. The van der Waals surface area contributed by atoms with Crippen LogP contribution in [-0.4, -0.2) is 28.6 Å². The van der Waals surface area contributed by atoms with E-state index in [1.54, 1.807) is 11.6 Å². The van der Waals surface area contributed by atoms with Gasteiger partial charge in [0.15, 0.2) is 0 Å². The van der Waals surface area contributed by atoms with Crippen molar-refractivity contribution in [2.45, 2.75) is 19.9 Å². The van der Waals surface area contributed by atoms with Crippen LogP contribution in [0.2, 0.25) is 0 Å². The molecule has 96 valence electrons. The highest BCUT2D eigenvalue weighted by Gasteiger charge is 2.16. The first kappa shape index (κ1) is 13.0. The fourth-order valence-corrected chi connectivity index (χ4v) is 2.39. The summed E-state index contributed by atoms with van der Waals surface area (Å²) < 4.78 is 0.993. The van der Waals surface area contributed by atoms with E-state index in [-0.39, 0.29) is 24.5 Å². The van der Waals surface area contributed by atoms with E-state index >= 15 is 0 Å². The molecule has 1 aromatic carbocycles. The third-order valence-corrected chi connectivity index (χ3v) is 3.70. The van der Waals surface area contributed by atoms with Crippen LogP contribution in [0.5, 0.6) is 0 Å². The average molecular weight is 264 g/mol. The second kappa shape index (κ2) is 5.46. The van der Waals surface area contributed by atoms with Crippen LogP contribution < -0.4 is 5.32 Å². The van der Waals surface area contributed by atoms with Gasteiger partial charge in [0.05, 0.1) is 28.4 Å². The summed E-state index contributed by atoms with van der Waals surface area (Å²) in [6.07, 6.45) is 0. The number of nitrogens with zero attached hydrogens (tertiary/aromatic N) is 1. The Hall–Kier alpha value is -1.46. The third-order valence-electron chi connectivity index (χ3n) is 2.91. The average Bonchev–Trinajstić information content (AvgIpc) is 2.82. The maximum absolute atomic E-state index is 12.0. The summed E-state index contributed by atoms with van der Waals surface area (Å²) in [6.45, 7) is 3.88. The lowest BCUT2D eigenvalue weighted by Gasteiger charge is -2.19. The smallest absolute Gasteiger partial charge is 0.251 e. The standard InChI is InChI=1S/C13H16N2O2S/c1-8(2)11(6-16)15-13(17)9-3-4-10-12(5-9)18-7-14-10/h3-5,7-8,11,16H,6H2,1-2H3,(H,15,17)/t11-/m1/s1. The number of amides is 1. The van der Waals surface area contributed by atoms with Crippen LogP contribution in [0, 0.1) is 5.92 Å². The number of carbonyl (C=O) groups excluding carboxylic acids is 1. The van der Waals surface area contributed by atoms with Crippen molar-refractivity contribution in [1.29, 1.82) is 0 Å². The van der Waals surface area contributed by atoms with Gasteiger partial charge in [-0.1, -0.05) is 13.8 Å². The monoisotopic (exact) mass is 264 g/mol. The van der Waals surface area contributed by atoms with Crippen LogP contribution in [0.3, 0.4) is 0 Å². The first-order valence-electron chi connectivity index (χ1n) is 5.86. The number of benzene rings is 1. The van der Waals surface area contributed by atoms with E-state index in [4.69, 9.17) is 0 Å². The Bertz CT molecular complexity index is 551. The van der Waals surface area contributed by atoms with Gasteiger partial charge in [-0.15, -0.1) is 11.3 Å². The SMILES string of the molecule is CC(C)[C@@H](CO)NC(=O)c1ccc2ncsc2c1. The summed E-state index contributed by atoms with van der Waals surface area (Å²) in [5.41, 5.74) is 3.27. The van der Waals surface area contributed by atoms with Gasteiger partial charge in [0, 0.05) is 5.56 Å². The molecule has 2 N–H and O–H groups in total.